The molecule has 0 radical (unpaired) electrons. The number of nitrogens with one attached hydrogen (secondary N) is 1. The first-order valence-corrected chi connectivity index (χ1v) is 9.14. The zero-order valence-corrected chi connectivity index (χ0v) is 15.5. The number of rotatable bonds is 7. The van der Waals surface area contributed by atoms with Gasteiger partial charge in [0, 0.05) is 6.61 Å². The van der Waals surface area contributed by atoms with E-state index < -0.39 is 23.8 Å². The quantitative estimate of drug-likeness (QED) is 0.736. The number of esters is 1. The molecule has 0 aliphatic carbocycles. The van der Waals surface area contributed by atoms with Crippen LogP contribution in [-0.4, -0.2) is 37.3 Å². The van der Waals surface area contributed by atoms with E-state index in [9.17, 15) is 14.0 Å². The monoisotopic (exact) mass is 387 g/mol. The highest BCUT2D eigenvalue weighted by atomic mass is 19.1. The maximum atomic E-state index is 13.6. The zero-order valence-electron chi connectivity index (χ0n) is 15.5. The lowest BCUT2D eigenvalue weighted by atomic mass is 10.2. The van der Waals surface area contributed by atoms with Crippen LogP contribution in [0.1, 0.15) is 30.1 Å². The largest absolute Gasteiger partial charge is 0.491 e. The number of ether oxygens (including phenoxy) is 3. The Bertz CT molecular complexity index is 818. The molecule has 1 heterocycles. The van der Waals surface area contributed by atoms with Crippen LogP contribution >= 0.6 is 0 Å². The number of carbonyl (C=O) groups is 2. The molecule has 1 saturated heterocycles. The number of halogens is 1. The predicted octanol–water partition coefficient (Wildman–Crippen LogP) is 3.57. The lowest BCUT2D eigenvalue weighted by Crippen LogP contribution is -2.30. The van der Waals surface area contributed by atoms with E-state index >= 15 is 0 Å². The molecular weight excluding hydrogens is 365 g/mol. The second kappa shape index (κ2) is 9.32. The van der Waals surface area contributed by atoms with Crippen LogP contribution in [0.5, 0.6) is 5.75 Å². The number of anilines is 1. The minimum absolute atomic E-state index is 0.0307. The SMILES string of the molecule is C[C@H](OC(=O)c1ccc(OC[C@H]2CCCO2)cc1)C(=O)Nc1ccccc1F. The van der Waals surface area contributed by atoms with Crippen molar-refractivity contribution >= 4 is 17.6 Å². The average molecular weight is 387 g/mol. The first-order valence-electron chi connectivity index (χ1n) is 9.14. The number of hydrogen-bond acceptors (Lipinski definition) is 5. The highest BCUT2D eigenvalue weighted by Crippen LogP contribution is 2.18. The molecule has 2 aromatic rings. The molecule has 28 heavy (non-hydrogen) atoms. The van der Waals surface area contributed by atoms with Crippen LogP contribution in [0.25, 0.3) is 0 Å². The first-order chi connectivity index (χ1) is 13.5. The van der Waals surface area contributed by atoms with Crippen molar-refractivity contribution in [3.63, 3.8) is 0 Å². The van der Waals surface area contributed by atoms with Crippen LogP contribution in [0, 0.1) is 5.82 Å². The van der Waals surface area contributed by atoms with E-state index in [4.69, 9.17) is 14.2 Å². The van der Waals surface area contributed by atoms with Gasteiger partial charge in [-0.2, -0.15) is 0 Å². The average Bonchev–Trinajstić information content (AvgIpc) is 3.22. The number of amides is 1. The van der Waals surface area contributed by atoms with Crippen molar-refractivity contribution in [1.82, 2.24) is 0 Å². The zero-order chi connectivity index (χ0) is 19.9. The van der Waals surface area contributed by atoms with Crippen molar-refractivity contribution in [2.45, 2.75) is 32.0 Å². The number of benzene rings is 2. The van der Waals surface area contributed by atoms with E-state index in [0.717, 1.165) is 19.4 Å². The molecule has 0 bridgehead atoms. The highest BCUT2D eigenvalue weighted by Gasteiger charge is 2.20. The van der Waals surface area contributed by atoms with Crippen LogP contribution in [0.4, 0.5) is 10.1 Å². The fourth-order valence-corrected chi connectivity index (χ4v) is 2.73. The molecule has 6 nitrogen and oxygen atoms in total. The smallest absolute Gasteiger partial charge is 0.338 e. The minimum Gasteiger partial charge on any atom is -0.491 e. The Balaban J connectivity index is 1.50. The van der Waals surface area contributed by atoms with Gasteiger partial charge in [0.2, 0.25) is 0 Å². The maximum Gasteiger partial charge on any atom is 0.338 e. The van der Waals surface area contributed by atoms with E-state index in [1.165, 1.54) is 25.1 Å². The molecule has 7 heteroatoms. The fourth-order valence-electron chi connectivity index (χ4n) is 2.73. The lowest BCUT2D eigenvalue weighted by Gasteiger charge is -2.14. The second-order valence-electron chi connectivity index (χ2n) is 6.49. The summed E-state index contributed by atoms with van der Waals surface area (Å²) in [7, 11) is 0. The molecule has 0 spiro atoms. The van der Waals surface area contributed by atoms with Gasteiger partial charge in [-0.15, -0.1) is 0 Å². The summed E-state index contributed by atoms with van der Waals surface area (Å²) >= 11 is 0. The summed E-state index contributed by atoms with van der Waals surface area (Å²) < 4.78 is 29.9. The standard InChI is InChI=1S/C21H22FNO5/c1-14(20(24)23-19-7-3-2-6-18(19)22)28-21(25)15-8-10-16(11-9-15)27-13-17-5-4-12-26-17/h2-3,6-11,14,17H,4-5,12-13H2,1H3,(H,23,24)/t14-,17+/m0/s1. The maximum absolute atomic E-state index is 13.6. The molecule has 1 aliphatic rings. The van der Waals surface area contributed by atoms with Crippen molar-refractivity contribution in [2.24, 2.45) is 0 Å². The molecule has 0 aromatic heterocycles. The Labute approximate surface area is 162 Å². The van der Waals surface area contributed by atoms with Crippen LogP contribution < -0.4 is 10.1 Å². The van der Waals surface area contributed by atoms with Crippen LogP contribution in [0.3, 0.4) is 0 Å². The Morgan fingerprint density at radius 1 is 1.21 bits per heavy atom. The molecule has 1 fully saturated rings. The summed E-state index contributed by atoms with van der Waals surface area (Å²) in [6.07, 6.45) is 1.06. The highest BCUT2D eigenvalue weighted by molar-refractivity contribution is 5.97. The summed E-state index contributed by atoms with van der Waals surface area (Å²) in [6.45, 7) is 2.66. The minimum atomic E-state index is -1.08. The van der Waals surface area contributed by atoms with E-state index in [-0.39, 0.29) is 17.4 Å². The molecule has 148 valence electrons. The third kappa shape index (κ3) is 5.29. The van der Waals surface area contributed by atoms with Gasteiger partial charge in [-0.25, -0.2) is 9.18 Å². The number of para-hydroxylation sites is 1. The van der Waals surface area contributed by atoms with Gasteiger partial charge in [-0.05, 0) is 56.2 Å². The predicted molar refractivity (Wildman–Crippen MR) is 101 cm³/mol. The van der Waals surface area contributed by atoms with E-state index in [1.54, 1.807) is 30.3 Å². The summed E-state index contributed by atoms with van der Waals surface area (Å²) in [4.78, 5) is 24.3. The summed E-state index contributed by atoms with van der Waals surface area (Å²) in [5.41, 5.74) is 0.318. The molecule has 0 saturated carbocycles. The van der Waals surface area contributed by atoms with Crippen LogP contribution in [0.15, 0.2) is 48.5 Å². The van der Waals surface area contributed by atoms with Crippen molar-refractivity contribution in [2.75, 3.05) is 18.5 Å². The molecule has 1 aliphatic heterocycles. The van der Waals surface area contributed by atoms with Crippen molar-refractivity contribution in [3.05, 3.63) is 59.9 Å². The molecular formula is C21H22FNO5. The Morgan fingerprint density at radius 2 is 1.96 bits per heavy atom. The second-order valence-corrected chi connectivity index (χ2v) is 6.49. The molecule has 1 amide bonds. The van der Waals surface area contributed by atoms with Crippen LogP contribution in [-0.2, 0) is 14.3 Å². The Hall–Kier alpha value is -2.93. The van der Waals surface area contributed by atoms with Gasteiger partial charge >= 0.3 is 5.97 Å². The van der Waals surface area contributed by atoms with Crippen molar-refractivity contribution < 1.29 is 28.2 Å². The third-order valence-electron chi connectivity index (χ3n) is 4.33. The van der Waals surface area contributed by atoms with Crippen LogP contribution in [0.2, 0.25) is 0 Å². The van der Waals surface area contributed by atoms with E-state index in [1.807, 2.05) is 0 Å². The number of carbonyl (C=O) groups excluding carboxylic acids is 2. The van der Waals surface area contributed by atoms with Gasteiger partial charge in [0.15, 0.2) is 6.10 Å². The summed E-state index contributed by atoms with van der Waals surface area (Å²) in [5, 5.41) is 2.40. The summed E-state index contributed by atoms with van der Waals surface area (Å²) in [6, 6.07) is 12.2. The van der Waals surface area contributed by atoms with Gasteiger partial charge in [0.05, 0.1) is 17.4 Å². The molecule has 2 aromatic carbocycles. The van der Waals surface area contributed by atoms with Gasteiger partial charge in [0.25, 0.3) is 5.91 Å². The normalized spacial score (nSPS) is 17.0. The Morgan fingerprint density at radius 3 is 2.64 bits per heavy atom. The van der Waals surface area contributed by atoms with Gasteiger partial charge < -0.3 is 19.5 Å². The Kier molecular flexibility index (Phi) is 6.60. The van der Waals surface area contributed by atoms with E-state index in [2.05, 4.69) is 5.32 Å². The molecule has 1 N–H and O–H groups in total. The topological polar surface area (TPSA) is 73.9 Å². The third-order valence-corrected chi connectivity index (χ3v) is 4.33. The molecule has 2 atom stereocenters. The van der Waals surface area contributed by atoms with Crippen molar-refractivity contribution in [1.29, 1.82) is 0 Å². The van der Waals surface area contributed by atoms with Gasteiger partial charge in [0.1, 0.15) is 18.2 Å². The van der Waals surface area contributed by atoms with Gasteiger partial charge in [-0.1, -0.05) is 12.1 Å². The van der Waals surface area contributed by atoms with Crippen molar-refractivity contribution in [3.8, 4) is 5.75 Å². The molecule has 0 unspecified atom stereocenters. The van der Waals surface area contributed by atoms with Gasteiger partial charge in [-0.3, -0.25) is 4.79 Å². The van der Waals surface area contributed by atoms with E-state index in [0.29, 0.717) is 12.4 Å². The first kappa shape index (κ1) is 19.8. The fraction of sp³-hybridized carbons (Fsp3) is 0.333. The lowest BCUT2D eigenvalue weighted by molar-refractivity contribution is -0.123. The molecule has 3 rings (SSSR count). The number of hydrogen-bond donors (Lipinski definition) is 1. The summed E-state index contributed by atoms with van der Waals surface area (Å²) in [5.74, 6) is -1.21.